The van der Waals surface area contributed by atoms with Gasteiger partial charge in [0.2, 0.25) is 15.9 Å². The van der Waals surface area contributed by atoms with Gasteiger partial charge in [-0.15, -0.1) is 0 Å². The molecule has 108 valence electrons. The average molecular weight is 310 g/mol. The van der Waals surface area contributed by atoms with Crippen LogP contribution in [0.4, 0.5) is 5.69 Å². The highest BCUT2D eigenvalue weighted by Gasteiger charge is 2.20. The van der Waals surface area contributed by atoms with Crippen molar-refractivity contribution in [2.75, 3.05) is 0 Å². The number of benzene rings is 2. The summed E-state index contributed by atoms with van der Waals surface area (Å²) in [7, 11) is -3.75. The first-order chi connectivity index (χ1) is 10.6. The van der Waals surface area contributed by atoms with Crippen molar-refractivity contribution in [3.8, 4) is 12.1 Å². The molecule has 2 rings (SSSR count). The van der Waals surface area contributed by atoms with Crippen LogP contribution in [0.5, 0.6) is 0 Å². The highest BCUT2D eigenvalue weighted by molar-refractivity contribution is 7.91. The SMILES string of the molecule is N#CC(C#N)N=Nc1ccccc1S(=O)(=O)c1ccccc1. The molecule has 0 atom stereocenters. The van der Waals surface area contributed by atoms with Gasteiger partial charge in [-0.1, -0.05) is 30.3 Å². The lowest BCUT2D eigenvalue weighted by molar-refractivity contribution is 0.596. The van der Waals surface area contributed by atoms with Crippen molar-refractivity contribution >= 4 is 15.5 Å². The molecule has 0 unspecified atom stereocenters. The minimum Gasteiger partial charge on any atom is -0.218 e. The number of hydrogen-bond donors (Lipinski definition) is 0. The molecular formula is C15H10N4O2S. The van der Waals surface area contributed by atoms with Crippen LogP contribution >= 0.6 is 0 Å². The molecule has 0 aliphatic rings. The van der Waals surface area contributed by atoms with Crippen molar-refractivity contribution in [3.05, 3.63) is 54.6 Å². The first kappa shape index (κ1) is 15.4. The van der Waals surface area contributed by atoms with Gasteiger partial charge >= 0.3 is 0 Å². The fourth-order valence-corrected chi connectivity index (χ4v) is 3.11. The van der Waals surface area contributed by atoms with Crippen LogP contribution in [0.1, 0.15) is 0 Å². The molecule has 0 aliphatic heterocycles. The molecule has 0 bridgehead atoms. The van der Waals surface area contributed by atoms with Crippen LogP contribution in [0.3, 0.4) is 0 Å². The van der Waals surface area contributed by atoms with E-state index in [0.717, 1.165) is 0 Å². The Hall–Kier alpha value is -3.03. The molecule has 0 radical (unpaired) electrons. The van der Waals surface area contributed by atoms with Crippen molar-refractivity contribution in [3.63, 3.8) is 0 Å². The summed E-state index contributed by atoms with van der Waals surface area (Å²) in [5.74, 6) is 0. The van der Waals surface area contributed by atoms with Crippen LogP contribution in [0.25, 0.3) is 0 Å². The van der Waals surface area contributed by atoms with Gasteiger partial charge in [0.15, 0.2) is 0 Å². The van der Waals surface area contributed by atoms with Crippen LogP contribution in [-0.2, 0) is 9.84 Å². The van der Waals surface area contributed by atoms with Crippen molar-refractivity contribution in [1.82, 2.24) is 0 Å². The van der Waals surface area contributed by atoms with E-state index in [2.05, 4.69) is 10.2 Å². The molecule has 22 heavy (non-hydrogen) atoms. The first-order valence-corrected chi connectivity index (χ1v) is 7.67. The van der Waals surface area contributed by atoms with E-state index in [9.17, 15) is 8.42 Å². The van der Waals surface area contributed by atoms with E-state index in [4.69, 9.17) is 10.5 Å². The molecule has 0 amide bonds. The molecule has 2 aromatic rings. The maximum Gasteiger partial charge on any atom is 0.242 e. The minimum absolute atomic E-state index is 0.0282. The van der Waals surface area contributed by atoms with E-state index in [1.807, 2.05) is 0 Å². The molecular weight excluding hydrogens is 300 g/mol. The summed E-state index contributed by atoms with van der Waals surface area (Å²) in [5.41, 5.74) is 0.0850. The Bertz CT molecular complexity index is 864. The summed E-state index contributed by atoms with van der Waals surface area (Å²) < 4.78 is 25.2. The van der Waals surface area contributed by atoms with E-state index in [1.165, 1.54) is 24.3 Å². The smallest absolute Gasteiger partial charge is 0.218 e. The lowest BCUT2D eigenvalue weighted by atomic mass is 10.3. The largest absolute Gasteiger partial charge is 0.242 e. The third-order valence-electron chi connectivity index (χ3n) is 2.73. The fraction of sp³-hybridized carbons (Fsp3) is 0.0667. The lowest BCUT2D eigenvalue weighted by Crippen LogP contribution is -2.02. The molecule has 0 spiro atoms. The summed E-state index contributed by atoms with van der Waals surface area (Å²) in [6.45, 7) is 0. The predicted molar refractivity (Wildman–Crippen MR) is 77.9 cm³/mol. The molecule has 6 nitrogen and oxygen atoms in total. The molecule has 0 saturated heterocycles. The van der Waals surface area contributed by atoms with Crippen molar-refractivity contribution in [2.24, 2.45) is 10.2 Å². The van der Waals surface area contributed by atoms with Gasteiger partial charge in [0.25, 0.3) is 0 Å². The van der Waals surface area contributed by atoms with Gasteiger partial charge < -0.3 is 0 Å². The van der Waals surface area contributed by atoms with E-state index >= 15 is 0 Å². The van der Waals surface area contributed by atoms with Crippen LogP contribution in [0.15, 0.2) is 74.6 Å². The minimum atomic E-state index is -3.75. The Morgan fingerprint density at radius 2 is 1.50 bits per heavy atom. The maximum atomic E-state index is 12.6. The maximum absolute atomic E-state index is 12.6. The zero-order valence-electron chi connectivity index (χ0n) is 11.3. The highest BCUT2D eigenvalue weighted by Crippen LogP contribution is 2.29. The third-order valence-corrected chi connectivity index (χ3v) is 4.55. The Kier molecular flexibility index (Phi) is 4.62. The number of rotatable bonds is 4. The topological polar surface area (TPSA) is 106 Å². The molecule has 2 aromatic carbocycles. The van der Waals surface area contributed by atoms with E-state index < -0.39 is 15.9 Å². The second-order valence-corrected chi connectivity index (χ2v) is 6.08. The van der Waals surface area contributed by atoms with Gasteiger partial charge in [-0.2, -0.15) is 20.8 Å². The monoisotopic (exact) mass is 310 g/mol. The van der Waals surface area contributed by atoms with Gasteiger partial charge in [0.1, 0.15) is 17.8 Å². The molecule has 0 fully saturated rings. The number of azo groups is 1. The van der Waals surface area contributed by atoms with Gasteiger partial charge in [-0.3, -0.25) is 0 Å². The zero-order chi connectivity index (χ0) is 16.0. The normalized spacial score (nSPS) is 11.2. The Morgan fingerprint density at radius 1 is 0.909 bits per heavy atom. The molecule has 0 heterocycles. The highest BCUT2D eigenvalue weighted by atomic mass is 32.2. The van der Waals surface area contributed by atoms with Crippen molar-refractivity contribution in [1.29, 1.82) is 10.5 Å². The quantitative estimate of drug-likeness (QED) is 0.809. The molecule has 0 N–H and O–H groups in total. The van der Waals surface area contributed by atoms with Crippen LogP contribution < -0.4 is 0 Å². The predicted octanol–water partition coefficient (Wildman–Crippen LogP) is 3.02. The van der Waals surface area contributed by atoms with Crippen LogP contribution in [-0.4, -0.2) is 14.5 Å². The van der Waals surface area contributed by atoms with Gasteiger partial charge in [0.05, 0.1) is 9.79 Å². The first-order valence-electron chi connectivity index (χ1n) is 6.19. The number of nitrogens with zero attached hydrogens (tertiary/aromatic N) is 4. The van der Waals surface area contributed by atoms with Gasteiger partial charge in [-0.25, -0.2) is 8.42 Å². The molecule has 0 aliphatic carbocycles. The number of sulfone groups is 1. The van der Waals surface area contributed by atoms with E-state index in [1.54, 1.807) is 42.5 Å². The average Bonchev–Trinajstić information content (AvgIpc) is 2.57. The molecule has 0 aromatic heterocycles. The van der Waals surface area contributed by atoms with E-state index in [-0.39, 0.29) is 15.5 Å². The summed E-state index contributed by atoms with van der Waals surface area (Å²) in [4.78, 5) is 0.106. The van der Waals surface area contributed by atoms with E-state index in [0.29, 0.717) is 0 Å². The second kappa shape index (κ2) is 6.61. The third kappa shape index (κ3) is 3.17. The summed E-state index contributed by atoms with van der Waals surface area (Å²) in [5, 5.41) is 24.6. The van der Waals surface area contributed by atoms with Crippen molar-refractivity contribution < 1.29 is 8.42 Å². The molecule has 0 saturated carbocycles. The van der Waals surface area contributed by atoms with Gasteiger partial charge in [0, 0.05) is 0 Å². The number of nitriles is 2. The summed E-state index contributed by atoms with van der Waals surface area (Å²) >= 11 is 0. The lowest BCUT2D eigenvalue weighted by Gasteiger charge is -2.06. The Balaban J connectivity index is 2.51. The second-order valence-electron chi connectivity index (χ2n) is 4.16. The Morgan fingerprint density at radius 3 is 2.14 bits per heavy atom. The van der Waals surface area contributed by atoms with Crippen molar-refractivity contribution in [2.45, 2.75) is 15.8 Å². The number of hydrogen-bond acceptors (Lipinski definition) is 6. The summed E-state index contributed by atoms with van der Waals surface area (Å²) in [6.07, 6.45) is 0. The van der Waals surface area contributed by atoms with Gasteiger partial charge in [-0.05, 0) is 24.3 Å². The van der Waals surface area contributed by atoms with Crippen LogP contribution in [0, 0.1) is 22.7 Å². The fourth-order valence-electron chi connectivity index (χ4n) is 1.69. The van der Waals surface area contributed by atoms with Crippen LogP contribution in [0.2, 0.25) is 0 Å². The summed E-state index contributed by atoms with van der Waals surface area (Å²) in [6, 6.07) is 16.0. The standard InChI is InChI=1S/C15H10N4O2S/c16-10-12(11-17)18-19-14-8-4-5-9-15(14)22(20,21)13-6-2-1-3-7-13/h1-9,12H. The molecule has 7 heteroatoms. The zero-order valence-corrected chi connectivity index (χ0v) is 12.1. The Labute approximate surface area is 127 Å².